The molecule has 1 rings (SSSR count). The summed E-state index contributed by atoms with van der Waals surface area (Å²) in [7, 11) is 1.72. The number of carbonyl (C=O) groups is 1. The number of amides is 1. The van der Waals surface area contributed by atoms with Crippen molar-refractivity contribution in [2.75, 3.05) is 7.05 Å². The van der Waals surface area contributed by atoms with Crippen LogP contribution in [0.3, 0.4) is 0 Å². The first-order valence-corrected chi connectivity index (χ1v) is 4.34. The number of carbonyl (C=O) groups excluding carboxylic acids is 1. The van der Waals surface area contributed by atoms with Crippen molar-refractivity contribution in [3.8, 4) is 0 Å². The van der Waals surface area contributed by atoms with Crippen LogP contribution in [0.4, 0.5) is 0 Å². The molecule has 3 nitrogen and oxygen atoms in total. The van der Waals surface area contributed by atoms with Gasteiger partial charge in [-0.05, 0) is 12.5 Å². The summed E-state index contributed by atoms with van der Waals surface area (Å²) in [4.78, 5) is 12.7. The Labute approximate surface area is 72.7 Å². The highest BCUT2D eigenvalue weighted by Gasteiger charge is 2.28. The molecule has 1 N–H and O–H groups in total. The number of aliphatic hydroxyl groups is 1. The van der Waals surface area contributed by atoms with Gasteiger partial charge < -0.3 is 10.0 Å². The number of hydrogen-bond donors (Lipinski definition) is 1. The summed E-state index contributed by atoms with van der Waals surface area (Å²) in [6, 6.07) is 0.109. The predicted molar refractivity (Wildman–Crippen MR) is 46.8 cm³/mol. The van der Waals surface area contributed by atoms with E-state index in [-0.39, 0.29) is 17.7 Å². The maximum absolute atomic E-state index is 11.1. The molecule has 0 aromatic carbocycles. The topological polar surface area (TPSA) is 40.5 Å². The number of hydrogen-bond acceptors (Lipinski definition) is 2. The highest BCUT2D eigenvalue weighted by molar-refractivity contribution is 5.93. The monoisotopic (exact) mass is 169 g/mol. The van der Waals surface area contributed by atoms with Crippen LogP contribution in [0, 0.1) is 0 Å². The van der Waals surface area contributed by atoms with Crippen molar-refractivity contribution < 1.29 is 9.90 Å². The van der Waals surface area contributed by atoms with Gasteiger partial charge in [-0.15, -0.1) is 0 Å². The molecular weight excluding hydrogens is 154 g/mol. The Balaban J connectivity index is 2.51. The van der Waals surface area contributed by atoms with E-state index in [2.05, 4.69) is 6.92 Å². The minimum atomic E-state index is -0.254. The maximum Gasteiger partial charge on any atom is 0.288 e. The highest BCUT2D eigenvalue weighted by atomic mass is 16.3. The van der Waals surface area contributed by atoms with Gasteiger partial charge in [0.2, 0.25) is 0 Å². The second-order valence-corrected chi connectivity index (χ2v) is 3.18. The van der Waals surface area contributed by atoms with Crippen molar-refractivity contribution in [3.63, 3.8) is 0 Å². The molecule has 1 aliphatic rings. The largest absolute Gasteiger partial charge is 0.503 e. The summed E-state index contributed by atoms with van der Waals surface area (Å²) in [6.07, 6.45) is 4.79. The van der Waals surface area contributed by atoms with E-state index in [1.165, 1.54) is 0 Å². The molecule has 1 unspecified atom stereocenters. The van der Waals surface area contributed by atoms with Crippen LogP contribution in [0.1, 0.15) is 26.2 Å². The third-order valence-corrected chi connectivity index (χ3v) is 2.24. The fraction of sp³-hybridized carbons (Fsp3) is 0.667. The highest BCUT2D eigenvalue weighted by Crippen LogP contribution is 2.18. The molecule has 0 aromatic heterocycles. The van der Waals surface area contributed by atoms with Crippen LogP contribution in [0.2, 0.25) is 0 Å². The van der Waals surface area contributed by atoms with Crippen molar-refractivity contribution in [3.05, 3.63) is 11.8 Å². The lowest BCUT2D eigenvalue weighted by Crippen LogP contribution is -2.30. The number of rotatable bonds is 3. The van der Waals surface area contributed by atoms with Crippen molar-refractivity contribution in [2.24, 2.45) is 0 Å². The minimum absolute atomic E-state index is 0.0985. The molecule has 0 fully saturated rings. The van der Waals surface area contributed by atoms with E-state index in [1.54, 1.807) is 18.0 Å². The van der Waals surface area contributed by atoms with E-state index in [0.717, 1.165) is 19.3 Å². The van der Waals surface area contributed by atoms with Crippen molar-refractivity contribution >= 4 is 5.91 Å². The molecular formula is C9H15NO2. The molecule has 1 heterocycles. The molecule has 1 aliphatic heterocycles. The van der Waals surface area contributed by atoms with Gasteiger partial charge >= 0.3 is 0 Å². The predicted octanol–water partition coefficient (Wildman–Crippen LogP) is 1.46. The van der Waals surface area contributed by atoms with E-state index in [1.807, 2.05) is 0 Å². The average molecular weight is 169 g/mol. The summed E-state index contributed by atoms with van der Waals surface area (Å²) in [5.41, 5.74) is 0. The van der Waals surface area contributed by atoms with Gasteiger partial charge in [0.1, 0.15) is 0 Å². The molecule has 0 saturated carbocycles. The third kappa shape index (κ3) is 1.60. The lowest BCUT2D eigenvalue weighted by Gasteiger charge is -2.18. The van der Waals surface area contributed by atoms with Crippen molar-refractivity contribution in [2.45, 2.75) is 32.2 Å². The Kier molecular flexibility index (Phi) is 2.74. The van der Waals surface area contributed by atoms with E-state index in [4.69, 9.17) is 5.11 Å². The Morgan fingerprint density at radius 3 is 2.75 bits per heavy atom. The van der Waals surface area contributed by atoms with Gasteiger partial charge in [0, 0.05) is 7.05 Å². The lowest BCUT2D eigenvalue weighted by atomic mass is 10.1. The molecule has 0 bridgehead atoms. The normalized spacial score (nSPS) is 23.2. The van der Waals surface area contributed by atoms with Gasteiger partial charge in [-0.25, -0.2) is 0 Å². The summed E-state index contributed by atoms with van der Waals surface area (Å²) < 4.78 is 0. The smallest absolute Gasteiger partial charge is 0.288 e. The number of unbranched alkanes of at least 4 members (excludes halogenated alkanes) is 1. The first-order chi connectivity index (χ1) is 5.66. The molecule has 1 amide bonds. The summed E-state index contributed by atoms with van der Waals surface area (Å²) in [5.74, 6) is -0.352. The molecule has 0 spiro atoms. The fourth-order valence-electron chi connectivity index (χ4n) is 1.39. The van der Waals surface area contributed by atoms with Gasteiger partial charge in [0.15, 0.2) is 5.76 Å². The molecule has 12 heavy (non-hydrogen) atoms. The Hall–Kier alpha value is -0.990. The maximum atomic E-state index is 11.1. The molecule has 68 valence electrons. The van der Waals surface area contributed by atoms with Crippen molar-refractivity contribution in [1.29, 1.82) is 0 Å². The standard InChI is InChI=1S/C9H15NO2/c1-3-4-5-7-6-8(11)9(12)10(7)2/h6-7,11H,3-5H2,1-2H3. The summed E-state index contributed by atoms with van der Waals surface area (Å²) in [6.45, 7) is 2.11. The Bertz CT molecular complexity index is 211. The molecule has 3 heteroatoms. The zero-order chi connectivity index (χ0) is 9.14. The first-order valence-electron chi connectivity index (χ1n) is 4.34. The average Bonchev–Trinajstić information content (AvgIpc) is 2.30. The third-order valence-electron chi connectivity index (χ3n) is 2.24. The van der Waals surface area contributed by atoms with Gasteiger partial charge in [0.05, 0.1) is 6.04 Å². The van der Waals surface area contributed by atoms with E-state index < -0.39 is 0 Å². The van der Waals surface area contributed by atoms with Gasteiger partial charge in [-0.3, -0.25) is 4.79 Å². The van der Waals surface area contributed by atoms with Crippen LogP contribution < -0.4 is 0 Å². The zero-order valence-electron chi connectivity index (χ0n) is 7.58. The van der Waals surface area contributed by atoms with Crippen LogP contribution in [0.15, 0.2) is 11.8 Å². The Morgan fingerprint density at radius 2 is 2.33 bits per heavy atom. The van der Waals surface area contributed by atoms with E-state index >= 15 is 0 Å². The number of likely N-dealkylation sites (N-methyl/N-ethyl adjacent to an activating group) is 1. The van der Waals surface area contributed by atoms with E-state index in [0.29, 0.717) is 0 Å². The second-order valence-electron chi connectivity index (χ2n) is 3.18. The number of aliphatic hydroxyl groups excluding tert-OH is 1. The molecule has 0 aliphatic carbocycles. The molecule has 1 atom stereocenters. The van der Waals surface area contributed by atoms with Crippen LogP contribution in [-0.2, 0) is 4.79 Å². The van der Waals surface area contributed by atoms with E-state index in [9.17, 15) is 4.79 Å². The van der Waals surface area contributed by atoms with Crippen LogP contribution in [-0.4, -0.2) is 29.0 Å². The van der Waals surface area contributed by atoms with Gasteiger partial charge in [-0.2, -0.15) is 0 Å². The number of nitrogens with zero attached hydrogens (tertiary/aromatic N) is 1. The SMILES string of the molecule is CCCCC1C=C(O)C(=O)N1C. The molecule has 0 aromatic rings. The summed E-state index contributed by atoms with van der Waals surface area (Å²) in [5, 5.41) is 9.11. The van der Waals surface area contributed by atoms with Crippen LogP contribution in [0.5, 0.6) is 0 Å². The fourth-order valence-corrected chi connectivity index (χ4v) is 1.39. The van der Waals surface area contributed by atoms with Crippen LogP contribution >= 0.6 is 0 Å². The Morgan fingerprint density at radius 1 is 1.67 bits per heavy atom. The lowest BCUT2D eigenvalue weighted by molar-refractivity contribution is -0.128. The van der Waals surface area contributed by atoms with Crippen LogP contribution in [0.25, 0.3) is 0 Å². The van der Waals surface area contributed by atoms with Gasteiger partial charge in [0.25, 0.3) is 5.91 Å². The zero-order valence-corrected chi connectivity index (χ0v) is 7.58. The minimum Gasteiger partial charge on any atom is -0.503 e. The second kappa shape index (κ2) is 3.61. The quantitative estimate of drug-likeness (QED) is 0.694. The summed E-state index contributed by atoms with van der Waals surface area (Å²) >= 11 is 0. The molecule has 0 radical (unpaired) electrons. The van der Waals surface area contributed by atoms with Crippen molar-refractivity contribution in [1.82, 2.24) is 4.90 Å². The first kappa shape index (κ1) is 9.10. The van der Waals surface area contributed by atoms with Gasteiger partial charge in [-0.1, -0.05) is 19.8 Å². The molecule has 0 saturated heterocycles.